The Morgan fingerprint density at radius 2 is 2.13 bits per heavy atom. The van der Waals surface area contributed by atoms with Crippen LogP contribution in [0.3, 0.4) is 0 Å². The molecule has 0 unspecified atom stereocenters. The molecule has 0 spiro atoms. The largest absolute Gasteiger partial charge is 0.324 e. The number of benzene rings is 1. The Hall–Kier alpha value is -2.18. The molecule has 0 radical (unpaired) electrons. The SMILES string of the molecule is O=C(CN1CCCC2=C[C@H]3C[C@@H](CN4CCCC[C@H]34)[C@@H]21)Nc1nc2ccccc2[nH]1. The molecule has 30 heavy (non-hydrogen) atoms. The lowest BCUT2D eigenvalue weighted by atomic mass is 9.68. The highest BCUT2D eigenvalue weighted by Gasteiger charge is 2.46. The van der Waals surface area contributed by atoms with Crippen LogP contribution in [-0.4, -0.2) is 63.9 Å². The van der Waals surface area contributed by atoms with Gasteiger partial charge >= 0.3 is 0 Å². The third kappa shape index (κ3) is 3.26. The fourth-order valence-electron chi connectivity index (χ4n) is 6.63. The van der Waals surface area contributed by atoms with Gasteiger partial charge in [0.05, 0.1) is 17.6 Å². The summed E-state index contributed by atoms with van der Waals surface area (Å²) in [6.45, 7) is 3.94. The molecule has 2 bridgehead atoms. The van der Waals surface area contributed by atoms with Gasteiger partial charge in [-0.15, -0.1) is 0 Å². The molecule has 1 aliphatic carbocycles. The maximum atomic E-state index is 12.9. The molecular formula is C24H31N5O. The Morgan fingerprint density at radius 1 is 1.20 bits per heavy atom. The summed E-state index contributed by atoms with van der Waals surface area (Å²) in [4.78, 5) is 25.8. The number of carbonyl (C=O) groups excluding carboxylic acids is 1. The predicted octanol–water partition coefficient (Wildman–Crippen LogP) is 3.40. The molecule has 1 amide bonds. The quantitative estimate of drug-likeness (QED) is 0.769. The minimum Gasteiger partial charge on any atom is -0.324 e. The van der Waals surface area contributed by atoms with Gasteiger partial charge in [-0.2, -0.15) is 0 Å². The lowest BCUT2D eigenvalue weighted by Gasteiger charge is -2.54. The van der Waals surface area contributed by atoms with Crippen LogP contribution in [0.25, 0.3) is 11.0 Å². The van der Waals surface area contributed by atoms with E-state index < -0.39 is 0 Å². The van der Waals surface area contributed by atoms with Gasteiger partial charge < -0.3 is 4.98 Å². The molecule has 6 heteroatoms. The number of imidazole rings is 1. The molecule has 3 fully saturated rings. The van der Waals surface area contributed by atoms with Crippen LogP contribution < -0.4 is 5.32 Å². The first kappa shape index (κ1) is 18.6. The van der Waals surface area contributed by atoms with Crippen molar-refractivity contribution in [1.29, 1.82) is 0 Å². The molecule has 3 saturated heterocycles. The number of hydrogen-bond acceptors (Lipinski definition) is 4. The lowest BCUT2D eigenvalue weighted by Crippen LogP contribution is -2.59. The number of rotatable bonds is 3. The molecule has 4 aliphatic rings. The first-order valence-electron chi connectivity index (χ1n) is 11.7. The van der Waals surface area contributed by atoms with Crippen molar-refractivity contribution >= 4 is 22.9 Å². The van der Waals surface area contributed by atoms with Gasteiger partial charge in [-0.25, -0.2) is 4.98 Å². The van der Waals surface area contributed by atoms with Crippen LogP contribution in [0.4, 0.5) is 5.95 Å². The normalized spacial score (nSPS) is 31.7. The Labute approximate surface area is 177 Å². The average Bonchev–Trinajstić information content (AvgIpc) is 3.16. The third-order valence-corrected chi connectivity index (χ3v) is 7.76. The van der Waals surface area contributed by atoms with Crippen molar-refractivity contribution in [1.82, 2.24) is 19.8 Å². The van der Waals surface area contributed by atoms with Crippen LogP contribution in [-0.2, 0) is 4.79 Å². The fourth-order valence-corrected chi connectivity index (χ4v) is 6.63. The average molecular weight is 406 g/mol. The van der Waals surface area contributed by atoms with Crippen LogP contribution in [0.2, 0.25) is 0 Å². The van der Waals surface area contributed by atoms with Crippen LogP contribution in [0.15, 0.2) is 35.9 Å². The van der Waals surface area contributed by atoms with Crippen LogP contribution in [0.5, 0.6) is 0 Å². The van der Waals surface area contributed by atoms with E-state index in [2.05, 4.69) is 31.2 Å². The molecule has 0 saturated carbocycles. The lowest BCUT2D eigenvalue weighted by molar-refractivity contribution is -0.118. The number of fused-ring (bicyclic) bond motifs is 7. The molecule has 4 heterocycles. The summed E-state index contributed by atoms with van der Waals surface area (Å²) < 4.78 is 0. The van der Waals surface area contributed by atoms with E-state index in [9.17, 15) is 4.79 Å². The first-order chi connectivity index (χ1) is 14.7. The van der Waals surface area contributed by atoms with Gasteiger partial charge in [0.25, 0.3) is 0 Å². The number of carbonyl (C=O) groups is 1. The zero-order valence-corrected chi connectivity index (χ0v) is 17.5. The molecule has 1 aromatic carbocycles. The van der Waals surface area contributed by atoms with E-state index in [1.54, 1.807) is 5.57 Å². The summed E-state index contributed by atoms with van der Waals surface area (Å²) in [6, 6.07) is 9.09. The number of para-hydroxylation sites is 2. The number of hydrogen-bond donors (Lipinski definition) is 2. The Bertz CT molecular complexity index is 948. The Kier molecular flexibility index (Phi) is 4.65. The topological polar surface area (TPSA) is 64.3 Å². The Balaban J connectivity index is 1.18. The van der Waals surface area contributed by atoms with Crippen molar-refractivity contribution in [2.24, 2.45) is 11.8 Å². The fraction of sp³-hybridized carbons (Fsp3) is 0.583. The van der Waals surface area contributed by atoms with Crippen LogP contribution >= 0.6 is 0 Å². The van der Waals surface area contributed by atoms with Crippen molar-refractivity contribution in [3.63, 3.8) is 0 Å². The third-order valence-electron chi connectivity index (χ3n) is 7.76. The van der Waals surface area contributed by atoms with Gasteiger partial charge in [-0.05, 0) is 69.2 Å². The summed E-state index contributed by atoms with van der Waals surface area (Å²) in [6.07, 6.45) is 10.4. The van der Waals surface area contributed by atoms with E-state index in [-0.39, 0.29) is 5.91 Å². The zero-order chi connectivity index (χ0) is 20.1. The maximum absolute atomic E-state index is 12.9. The minimum absolute atomic E-state index is 0.0316. The first-order valence-corrected chi connectivity index (χ1v) is 11.7. The number of likely N-dealkylation sites (tertiary alicyclic amines) is 1. The standard InChI is InChI=1S/C24H31N5O/c30-22(27-24-25-19-7-1-2-8-20(19)26-24)15-29-11-5-6-16-12-17-13-18(23(16)29)14-28-10-4-3-9-21(17)28/h1-2,7-8,12,17-18,21,23H,3-6,9-11,13-15H2,(H2,25,26,27,30)/t17-,18-,21+,23+/m0/s1. The molecule has 6 nitrogen and oxygen atoms in total. The number of amides is 1. The molecule has 6 rings (SSSR count). The number of piperidine rings is 3. The molecule has 3 aliphatic heterocycles. The smallest absolute Gasteiger partial charge is 0.240 e. The van der Waals surface area contributed by atoms with Gasteiger partial charge in [0, 0.05) is 18.6 Å². The van der Waals surface area contributed by atoms with Crippen molar-refractivity contribution in [3.05, 3.63) is 35.9 Å². The molecule has 1 aromatic heterocycles. The number of aromatic amines is 1. The van der Waals surface area contributed by atoms with Gasteiger partial charge in [0.1, 0.15) is 0 Å². The van der Waals surface area contributed by atoms with Crippen LogP contribution in [0.1, 0.15) is 38.5 Å². The van der Waals surface area contributed by atoms with Crippen molar-refractivity contribution in [3.8, 4) is 0 Å². The van der Waals surface area contributed by atoms with Crippen LogP contribution in [0, 0.1) is 11.8 Å². The molecule has 4 atom stereocenters. The minimum atomic E-state index is 0.0316. The molecule has 158 valence electrons. The Morgan fingerprint density at radius 3 is 3.07 bits per heavy atom. The van der Waals surface area contributed by atoms with E-state index in [1.807, 2.05) is 24.3 Å². The second kappa shape index (κ2) is 7.50. The highest BCUT2D eigenvalue weighted by atomic mass is 16.2. The van der Waals surface area contributed by atoms with Gasteiger partial charge in [-0.1, -0.05) is 30.2 Å². The summed E-state index contributed by atoms with van der Waals surface area (Å²) in [7, 11) is 0. The summed E-state index contributed by atoms with van der Waals surface area (Å²) in [5, 5.41) is 3.00. The van der Waals surface area contributed by atoms with E-state index in [0.717, 1.165) is 36.0 Å². The number of nitrogens with zero attached hydrogens (tertiary/aromatic N) is 3. The molecule has 2 N–H and O–H groups in total. The van der Waals surface area contributed by atoms with E-state index in [4.69, 9.17) is 0 Å². The zero-order valence-electron chi connectivity index (χ0n) is 17.5. The van der Waals surface area contributed by atoms with Crippen molar-refractivity contribution in [2.45, 2.75) is 50.6 Å². The predicted molar refractivity (Wildman–Crippen MR) is 118 cm³/mol. The summed E-state index contributed by atoms with van der Waals surface area (Å²) in [5.41, 5.74) is 3.45. The molecular weight excluding hydrogens is 374 g/mol. The van der Waals surface area contributed by atoms with Gasteiger partial charge in [0.2, 0.25) is 11.9 Å². The maximum Gasteiger partial charge on any atom is 0.240 e. The van der Waals surface area contributed by atoms with E-state index >= 15 is 0 Å². The molecule has 2 aromatic rings. The second-order valence-corrected chi connectivity index (χ2v) is 9.63. The monoisotopic (exact) mass is 405 g/mol. The number of H-pyrrole nitrogens is 1. The second-order valence-electron chi connectivity index (χ2n) is 9.63. The summed E-state index contributed by atoms with van der Waals surface area (Å²) in [5.74, 6) is 1.99. The highest BCUT2D eigenvalue weighted by Crippen LogP contribution is 2.44. The van der Waals surface area contributed by atoms with E-state index in [1.165, 1.54) is 45.2 Å². The van der Waals surface area contributed by atoms with Gasteiger partial charge in [0.15, 0.2) is 0 Å². The van der Waals surface area contributed by atoms with E-state index in [0.29, 0.717) is 24.5 Å². The van der Waals surface area contributed by atoms with Gasteiger partial charge in [-0.3, -0.25) is 19.9 Å². The highest BCUT2D eigenvalue weighted by molar-refractivity contribution is 5.92. The van der Waals surface area contributed by atoms with Crippen molar-refractivity contribution < 1.29 is 4.79 Å². The van der Waals surface area contributed by atoms with Crippen molar-refractivity contribution in [2.75, 3.05) is 31.5 Å². The number of anilines is 1. The summed E-state index contributed by atoms with van der Waals surface area (Å²) >= 11 is 0. The number of aromatic nitrogens is 2. The number of nitrogens with one attached hydrogen (secondary N) is 2.